The van der Waals surface area contributed by atoms with Crippen molar-refractivity contribution in [2.75, 3.05) is 19.8 Å². The highest BCUT2D eigenvalue weighted by Gasteiger charge is 2.53. The number of aliphatic hydroxyl groups is 8. The summed E-state index contributed by atoms with van der Waals surface area (Å²) in [6.45, 7) is -0.747. The second-order valence-electron chi connectivity index (χ2n) is 12.8. The molecule has 20 heteroatoms. The van der Waals surface area contributed by atoms with E-state index in [0.717, 1.165) is 24.3 Å². The van der Waals surface area contributed by atoms with E-state index in [2.05, 4.69) is 0 Å². The highest BCUT2D eigenvalue weighted by molar-refractivity contribution is 5.88. The van der Waals surface area contributed by atoms with E-state index in [1.807, 2.05) is 0 Å². The molecule has 12 N–H and O–H groups in total. The molecule has 20 nitrogen and oxygen atoms in total. The van der Waals surface area contributed by atoms with Gasteiger partial charge in [0.15, 0.2) is 29.8 Å². The van der Waals surface area contributed by atoms with E-state index in [1.165, 1.54) is 13.0 Å². The van der Waals surface area contributed by atoms with Crippen molar-refractivity contribution in [1.29, 1.82) is 0 Å². The number of rotatable bonds is 9. The fourth-order valence-corrected chi connectivity index (χ4v) is 6.03. The molecule has 13 atom stereocenters. The van der Waals surface area contributed by atoms with Gasteiger partial charge in [0.25, 0.3) is 0 Å². The minimum absolute atomic E-state index is 0.0676. The van der Waals surface area contributed by atoms with Crippen LogP contribution >= 0.6 is 0 Å². The van der Waals surface area contributed by atoms with Crippen molar-refractivity contribution in [3.8, 4) is 40.1 Å². The number of hydrogen-bond acceptors (Lipinski definition) is 20. The normalized spacial score (nSPS) is 36.6. The van der Waals surface area contributed by atoms with E-state index in [0.29, 0.717) is 0 Å². The van der Waals surface area contributed by atoms with Crippen molar-refractivity contribution in [3.63, 3.8) is 0 Å². The van der Waals surface area contributed by atoms with Gasteiger partial charge in [0.1, 0.15) is 76.9 Å². The molecule has 3 saturated heterocycles. The van der Waals surface area contributed by atoms with Crippen LogP contribution in [0.25, 0.3) is 22.3 Å². The predicted octanol–water partition coefficient (Wildman–Crippen LogP) is -3.22. The Bertz CT molecular complexity index is 1820. The lowest BCUT2D eigenvalue weighted by Gasteiger charge is -2.44. The van der Waals surface area contributed by atoms with Crippen molar-refractivity contribution in [3.05, 3.63) is 40.6 Å². The van der Waals surface area contributed by atoms with Crippen LogP contribution in [0.2, 0.25) is 0 Å². The second kappa shape index (κ2) is 14.5. The van der Waals surface area contributed by atoms with E-state index in [4.69, 9.17) is 32.8 Å². The molecule has 3 aromatic rings. The van der Waals surface area contributed by atoms with Gasteiger partial charge in [-0.15, -0.1) is 0 Å². The molecule has 2 aromatic carbocycles. The fraction of sp³-hybridized carbons (Fsp3) is 0.531. The Morgan fingerprint density at radius 1 is 0.827 bits per heavy atom. The molecule has 0 aliphatic carbocycles. The van der Waals surface area contributed by atoms with Crippen LogP contribution in [0, 0.1) is 0 Å². The minimum Gasteiger partial charge on any atom is -0.508 e. The topological polar surface area (TPSA) is 328 Å². The SMILES string of the molecule is C[C@@H]1O[C@@H](OC[C@H]2O[C@@H](Oc3c(-c4ccc(O)c(O)c4)oc4cc(O)cc(O)c4c3=O)[C@H](O)[C@@H](O)[C@@H]2O)[C@H](O[C@@H]2OC[C@](O)(CO)[C@H]2O)[C@H](O)[C@H]1O. The zero-order valence-corrected chi connectivity index (χ0v) is 27.1. The summed E-state index contributed by atoms with van der Waals surface area (Å²) in [4.78, 5) is 13.8. The van der Waals surface area contributed by atoms with Crippen LogP contribution in [0.3, 0.4) is 0 Å². The summed E-state index contributed by atoms with van der Waals surface area (Å²) < 4.78 is 39.5. The van der Waals surface area contributed by atoms with Crippen LogP contribution in [0.4, 0.5) is 0 Å². The molecular weight excluding hydrogens is 704 g/mol. The Morgan fingerprint density at radius 2 is 1.56 bits per heavy atom. The quantitative estimate of drug-likeness (QED) is 0.0959. The van der Waals surface area contributed by atoms with Gasteiger partial charge >= 0.3 is 0 Å². The zero-order chi connectivity index (χ0) is 37.8. The van der Waals surface area contributed by atoms with Crippen molar-refractivity contribution in [1.82, 2.24) is 0 Å². The zero-order valence-electron chi connectivity index (χ0n) is 27.1. The number of ether oxygens (including phenoxy) is 6. The monoisotopic (exact) mass is 742 g/mol. The van der Waals surface area contributed by atoms with Crippen molar-refractivity contribution < 1.29 is 94.1 Å². The molecule has 3 aliphatic rings. The summed E-state index contributed by atoms with van der Waals surface area (Å²) in [5.41, 5.74) is -3.55. The van der Waals surface area contributed by atoms with Gasteiger partial charge in [0, 0.05) is 17.7 Å². The number of aromatic hydroxyl groups is 4. The minimum atomic E-state index is -2.09. The van der Waals surface area contributed by atoms with Gasteiger partial charge in [-0.3, -0.25) is 4.79 Å². The van der Waals surface area contributed by atoms with Crippen LogP contribution < -0.4 is 10.2 Å². The van der Waals surface area contributed by atoms with E-state index >= 15 is 0 Å². The van der Waals surface area contributed by atoms with E-state index in [9.17, 15) is 66.1 Å². The summed E-state index contributed by atoms with van der Waals surface area (Å²) >= 11 is 0. The van der Waals surface area contributed by atoms with Crippen molar-refractivity contribution >= 4 is 11.0 Å². The first-order chi connectivity index (χ1) is 24.5. The van der Waals surface area contributed by atoms with Gasteiger partial charge in [-0.05, 0) is 25.1 Å². The highest BCUT2D eigenvalue weighted by Crippen LogP contribution is 2.40. The third kappa shape index (κ3) is 6.85. The lowest BCUT2D eigenvalue weighted by molar-refractivity contribution is -0.342. The van der Waals surface area contributed by atoms with Crippen LogP contribution in [0.15, 0.2) is 39.5 Å². The lowest BCUT2D eigenvalue weighted by atomic mass is 9.98. The second-order valence-corrected chi connectivity index (χ2v) is 12.8. The maximum Gasteiger partial charge on any atom is 0.239 e. The molecule has 52 heavy (non-hydrogen) atoms. The average Bonchev–Trinajstić information content (AvgIpc) is 3.39. The Kier molecular flexibility index (Phi) is 10.6. The predicted molar refractivity (Wildman–Crippen MR) is 167 cm³/mol. The molecule has 1 aromatic heterocycles. The summed E-state index contributed by atoms with van der Waals surface area (Å²) in [5, 5.41) is 124. The molecule has 3 fully saturated rings. The summed E-state index contributed by atoms with van der Waals surface area (Å²) in [6, 6.07) is 5.14. The molecule has 0 amide bonds. The highest BCUT2D eigenvalue weighted by atomic mass is 16.8. The molecule has 3 aliphatic heterocycles. The number of phenols is 4. The summed E-state index contributed by atoms with van der Waals surface area (Å²) in [6.07, 6.45) is -20.4. The molecule has 0 radical (unpaired) electrons. The molecule has 0 bridgehead atoms. The van der Waals surface area contributed by atoms with Gasteiger partial charge in [0.2, 0.25) is 17.5 Å². The molecular formula is C32H38O20. The van der Waals surface area contributed by atoms with Crippen LogP contribution in [0.5, 0.6) is 28.7 Å². The van der Waals surface area contributed by atoms with Gasteiger partial charge in [-0.1, -0.05) is 0 Å². The smallest absolute Gasteiger partial charge is 0.239 e. The molecule has 286 valence electrons. The summed E-state index contributed by atoms with van der Waals surface area (Å²) in [7, 11) is 0. The van der Waals surface area contributed by atoms with E-state index in [1.54, 1.807) is 0 Å². The Hall–Kier alpha value is -3.87. The van der Waals surface area contributed by atoms with Gasteiger partial charge in [-0.2, -0.15) is 0 Å². The first-order valence-electron chi connectivity index (χ1n) is 15.9. The number of hydrogen-bond donors (Lipinski definition) is 12. The van der Waals surface area contributed by atoms with Crippen LogP contribution in [-0.2, 0) is 23.7 Å². The molecule has 0 spiro atoms. The number of aliphatic hydroxyl groups excluding tert-OH is 7. The molecule has 6 rings (SSSR count). The van der Waals surface area contributed by atoms with Crippen LogP contribution in [-0.4, -0.2) is 161 Å². The molecule has 0 unspecified atom stereocenters. The van der Waals surface area contributed by atoms with Gasteiger partial charge in [0.05, 0.1) is 25.9 Å². The lowest BCUT2D eigenvalue weighted by Crippen LogP contribution is -2.62. The number of phenolic OH excluding ortho intramolecular Hbond substituents is 4. The largest absolute Gasteiger partial charge is 0.508 e. The van der Waals surface area contributed by atoms with E-state index < -0.39 is 145 Å². The van der Waals surface area contributed by atoms with Crippen LogP contribution in [0.1, 0.15) is 6.92 Å². The first-order valence-corrected chi connectivity index (χ1v) is 15.9. The average molecular weight is 743 g/mol. The van der Waals surface area contributed by atoms with Crippen molar-refractivity contribution in [2.45, 2.75) is 86.3 Å². The Balaban J connectivity index is 1.27. The first kappa shape index (κ1) is 37.9. The van der Waals surface area contributed by atoms with Gasteiger partial charge < -0.3 is 94.1 Å². The van der Waals surface area contributed by atoms with E-state index in [-0.39, 0.29) is 11.1 Å². The maximum absolute atomic E-state index is 13.8. The molecule has 0 saturated carbocycles. The fourth-order valence-electron chi connectivity index (χ4n) is 6.03. The Labute approximate surface area is 292 Å². The molecule has 4 heterocycles. The number of fused-ring (bicyclic) bond motifs is 1. The summed E-state index contributed by atoms with van der Waals surface area (Å²) in [5.74, 6) is -3.53. The van der Waals surface area contributed by atoms with Gasteiger partial charge in [-0.25, -0.2) is 0 Å². The third-order valence-corrected chi connectivity index (χ3v) is 9.14. The van der Waals surface area contributed by atoms with Crippen molar-refractivity contribution in [2.24, 2.45) is 0 Å². The Morgan fingerprint density at radius 3 is 2.23 bits per heavy atom. The third-order valence-electron chi connectivity index (χ3n) is 9.14. The number of benzene rings is 2. The standard InChI is InChI=1S/C32H38O20/c1-10-19(38)23(42)27(52-31-28(44)32(45,8-33)9-47-31)30(48-10)46-7-17-20(39)22(41)24(43)29(50-17)51-26-21(40)18-15(37)5-12(34)6-16(18)49-25(26)11-2-3-13(35)14(36)4-11/h2-6,10,17,19-20,22-24,27-31,33-39,41-45H,7-9H2,1H3/t10-,17+,19-,20+,22-,23+,24+,27+,28-,29-,30+,31-,32+/m0/s1. The maximum atomic E-state index is 13.8.